The van der Waals surface area contributed by atoms with Crippen molar-refractivity contribution in [2.45, 2.75) is 86.9 Å². The molecule has 0 radical (unpaired) electrons. The maximum Gasteiger partial charge on any atom is 0.342 e. The molecule has 0 saturated carbocycles. The van der Waals surface area contributed by atoms with Crippen molar-refractivity contribution >= 4 is 35.5 Å². The second-order valence-electron chi connectivity index (χ2n) is 14.7. The van der Waals surface area contributed by atoms with Gasteiger partial charge in [0.25, 0.3) is 0 Å². The standard InChI is InChI=1S/C44H46O6S2/c1-43(2,3)33-21-31(39(45)35(23-33)41(47)49-25-29-15-9-7-10-16-29)27-51-37-19-13-14-20-38(37)52-28-32-22-34(44(4,5)6)24-36(40(32)46)42(48)50-26-30-17-11-8-12-18-30/h7-24,45-46H,25-28H2,1-6H3. The van der Waals surface area contributed by atoms with Crippen LogP contribution in [-0.4, -0.2) is 22.2 Å². The summed E-state index contributed by atoms with van der Waals surface area (Å²) in [6, 6.07) is 34.2. The molecular weight excluding hydrogens is 689 g/mol. The van der Waals surface area contributed by atoms with E-state index in [9.17, 15) is 19.8 Å². The Kier molecular flexibility index (Phi) is 12.4. The molecule has 0 heterocycles. The lowest BCUT2D eigenvalue weighted by Gasteiger charge is -2.22. The van der Waals surface area contributed by atoms with Crippen LogP contribution in [0.3, 0.4) is 0 Å². The van der Waals surface area contributed by atoms with Gasteiger partial charge in [-0.1, -0.05) is 126 Å². The summed E-state index contributed by atoms with van der Waals surface area (Å²) in [6.07, 6.45) is 0. The van der Waals surface area contributed by atoms with Crippen molar-refractivity contribution in [1.82, 2.24) is 0 Å². The molecule has 0 unspecified atom stereocenters. The van der Waals surface area contributed by atoms with E-state index in [2.05, 4.69) is 41.5 Å². The number of hydrogen-bond donors (Lipinski definition) is 2. The summed E-state index contributed by atoms with van der Waals surface area (Å²) in [6.45, 7) is 12.6. The summed E-state index contributed by atoms with van der Waals surface area (Å²) >= 11 is 3.11. The molecule has 0 aromatic heterocycles. The third-order valence-corrected chi connectivity index (χ3v) is 11.0. The Hall–Kier alpha value is -4.66. The van der Waals surface area contributed by atoms with E-state index in [1.165, 1.54) is 0 Å². The van der Waals surface area contributed by atoms with E-state index in [1.54, 1.807) is 35.7 Å². The number of carbonyl (C=O) groups is 2. The van der Waals surface area contributed by atoms with Crippen LogP contribution in [0.1, 0.15) is 95.6 Å². The van der Waals surface area contributed by atoms with E-state index < -0.39 is 11.9 Å². The van der Waals surface area contributed by atoms with Gasteiger partial charge in [-0.15, -0.1) is 23.5 Å². The minimum atomic E-state index is -0.574. The van der Waals surface area contributed by atoms with Gasteiger partial charge < -0.3 is 19.7 Å². The molecule has 0 fully saturated rings. The highest BCUT2D eigenvalue weighted by Gasteiger charge is 2.25. The molecule has 270 valence electrons. The first-order chi connectivity index (χ1) is 24.7. The largest absolute Gasteiger partial charge is 0.507 e. The maximum absolute atomic E-state index is 13.3. The molecule has 5 rings (SSSR count). The van der Waals surface area contributed by atoms with Gasteiger partial charge in [-0.25, -0.2) is 9.59 Å². The maximum atomic E-state index is 13.3. The van der Waals surface area contributed by atoms with Crippen molar-refractivity contribution < 1.29 is 29.3 Å². The van der Waals surface area contributed by atoms with Crippen molar-refractivity contribution in [2.75, 3.05) is 0 Å². The summed E-state index contributed by atoms with van der Waals surface area (Å²) in [5.41, 5.74) is 4.59. The number of carbonyl (C=O) groups excluding carboxylic acids is 2. The van der Waals surface area contributed by atoms with Crippen LogP contribution in [0.25, 0.3) is 0 Å². The summed E-state index contributed by atoms with van der Waals surface area (Å²) < 4.78 is 11.2. The van der Waals surface area contributed by atoms with Crippen LogP contribution in [0.5, 0.6) is 11.5 Å². The normalized spacial score (nSPS) is 11.7. The number of benzene rings is 5. The molecule has 0 atom stereocenters. The first-order valence-corrected chi connectivity index (χ1v) is 19.2. The number of thioether (sulfide) groups is 2. The van der Waals surface area contributed by atoms with Crippen molar-refractivity contribution in [2.24, 2.45) is 0 Å². The van der Waals surface area contributed by atoms with Crippen molar-refractivity contribution in [3.63, 3.8) is 0 Å². The SMILES string of the molecule is CC(C)(C)c1cc(CSc2ccccc2SCc2cc(C(C)(C)C)cc(C(=O)OCc3ccccc3)c2O)c(O)c(C(=O)OCc2ccccc2)c1. The van der Waals surface area contributed by atoms with Crippen LogP contribution in [-0.2, 0) is 45.0 Å². The van der Waals surface area contributed by atoms with Crippen LogP contribution < -0.4 is 0 Å². The number of phenolic OH excluding ortho intramolecular Hbond substituents is 2. The third-order valence-electron chi connectivity index (χ3n) is 8.59. The first-order valence-electron chi connectivity index (χ1n) is 17.2. The van der Waals surface area contributed by atoms with Crippen LogP contribution in [0.4, 0.5) is 0 Å². The third kappa shape index (κ3) is 10.0. The molecule has 0 saturated heterocycles. The van der Waals surface area contributed by atoms with Gasteiger partial charge in [-0.3, -0.25) is 0 Å². The predicted molar refractivity (Wildman–Crippen MR) is 210 cm³/mol. The fourth-order valence-electron chi connectivity index (χ4n) is 5.39. The zero-order valence-electron chi connectivity index (χ0n) is 30.6. The summed E-state index contributed by atoms with van der Waals surface area (Å²) in [5.74, 6) is -0.493. The number of hydrogen-bond acceptors (Lipinski definition) is 8. The number of ether oxygens (including phenoxy) is 2. The summed E-state index contributed by atoms with van der Waals surface area (Å²) in [4.78, 5) is 28.5. The van der Waals surface area contributed by atoms with Gasteiger partial charge in [0.2, 0.25) is 0 Å². The van der Waals surface area contributed by atoms with E-state index in [0.29, 0.717) is 22.6 Å². The van der Waals surface area contributed by atoms with Crippen LogP contribution in [0.2, 0.25) is 0 Å². The molecule has 2 N–H and O–H groups in total. The molecule has 6 nitrogen and oxygen atoms in total. The molecule has 0 aliphatic heterocycles. The fraction of sp³-hybridized carbons (Fsp3) is 0.273. The quantitative estimate of drug-likeness (QED) is 0.0967. The number of rotatable bonds is 12. The summed E-state index contributed by atoms with van der Waals surface area (Å²) in [5, 5.41) is 22.7. The van der Waals surface area contributed by atoms with Gasteiger partial charge in [-0.2, -0.15) is 0 Å². The molecule has 0 aliphatic rings. The smallest absolute Gasteiger partial charge is 0.342 e. The lowest BCUT2D eigenvalue weighted by molar-refractivity contribution is 0.0460. The summed E-state index contributed by atoms with van der Waals surface area (Å²) in [7, 11) is 0. The predicted octanol–water partition coefficient (Wildman–Crippen LogP) is 11.0. The highest BCUT2D eigenvalue weighted by Crippen LogP contribution is 2.40. The lowest BCUT2D eigenvalue weighted by atomic mass is 9.85. The second-order valence-corrected chi connectivity index (χ2v) is 16.7. The molecule has 0 aliphatic carbocycles. The Morgan fingerprint density at radius 2 is 0.885 bits per heavy atom. The molecule has 52 heavy (non-hydrogen) atoms. The Labute approximate surface area is 315 Å². The lowest BCUT2D eigenvalue weighted by Crippen LogP contribution is -2.14. The number of esters is 2. The monoisotopic (exact) mass is 734 g/mol. The van der Waals surface area contributed by atoms with Crippen molar-refractivity contribution in [1.29, 1.82) is 0 Å². The number of phenols is 2. The minimum absolute atomic E-state index is 0.0840. The number of aromatic hydroxyl groups is 2. The van der Waals surface area contributed by atoms with E-state index in [1.807, 2.05) is 97.1 Å². The minimum Gasteiger partial charge on any atom is -0.507 e. The molecule has 5 aromatic carbocycles. The molecule has 0 amide bonds. The Morgan fingerprint density at radius 3 is 1.23 bits per heavy atom. The Bertz CT molecular complexity index is 1870. The average molecular weight is 735 g/mol. The van der Waals surface area contributed by atoms with Gasteiger partial charge in [0, 0.05) is 32.4 Å². The molecular formula is C44H46O6S2. The van der Waals surface area contributed by atoms with Crippen LogP contribution in [0.15, 0.2) is 119 Å². The van der Waals surface area contributed by atoms with Crippen LogP contribution >= 0.6 is 23.5 Å². The Balaban J connectivity index is 1.35. The topological polar surface area (TPSA) is 93.1 Å². The molecule has 5 aromatic rings. The highest BCUT2D eigenvalue weighted by molar-refractivity contribution is 8.01. The zero-order valence-corrected chi connectivity index (χ0v) is 32.2. The first kappa shape index (κ1) is 38.6. The Morgan fingerprint density at radius 1 is 0.538 bits per heavy atom. The van der Waals surface area contributed by atoms with Gasteiger partial charge in [0.15, 0.2) is 0 Å². The average Bonchev–Trinajstić information content (AvgIpc) is 3.12. The molecule has 8 heteroatoms. The van der Waals surface area contributed by atoms with E-state index >= 15 is 0 Å². The van der Waals surface area contributed by atoms with Gasteiger partial charge >= 0.3 is 11.9 Å². The van der Waals surface area contributed by atoms with Gasteiger partial charge in [-0.05, 0) is 57.3 Å². The van der Waals surface area contributed by atoms with Crippen molar-refractivity contribution in [3.05, 3.63) is 154 Å². The van der Waals surface area contributed by atoms with E-state index in [-0.39, 0.29) is 46.7 Å². The van der Waals surface area contributed by atoms with Gasteiger partial charge in [0.1, 0.15) is 35.8 Å². The molecule has 0 spiro atoms. The van der Waals surface area contributed by atoms with E-state index in [4.69, 9.17) is 9.47 Å². The van der Waals surface area contributed by atoms with Crippen molar-refractivity contribution in [3.8, 4) is 11.5 Å². The van der Waals surface area contributed by atoms with Crippen LogP contribution in [0, 0.1) is 0 Å². The zero-order chi connectivity index (χ0) is 37.5. The fourth-order valence-corrected chi connectivity index (χ4v) is 7.57. The second kappa shape index (κ2) is 16.8. The highest BCUT2D eigenvalue weighted by atomic mass is 32.2. The van der Waals surface area contributed by atoms with E-state index in [0.717, 1.165) is 32.0 Å². The van der Waals surface area contributed by atoms with Gasteiger partial charge in [0.05, 0.1) is 0 Å². The molecule has 0 bridgehead atoms.